The van der Waals surface area contributed by atoms with Gasteiger partial charge in [0.2, 0.25) is 71.4 Å². The van der Waals surface area contributed by atoms with Crippen LogP contribution in [0.1, 0.15) is 0 Å². The zero-order chi connectivity index (χ0) is 55.4. The molecule has 0 aromatic carbocycles. The molecular formula is C48H81N27O6. The van der Waals surface area contributed by atoms with Crippen molar-refractivity contribution in [1.29, 1.82) is 0 Å². The van der Waals surface area contributed by atoms with Gasteiger partial charge in [-0.05, 0) is 0 Å². The summed E-state index contributed by atoms with van der Waals surface area (Å²) in [5.41, 5.74) is 0. The number of piperazine rings is 6. The molecule has 33 nitrogen and oxygen atoms in total. The molecule has 81 heavy (non-hydrogen) atoms. The Labute approximate surface area is 471 Å². The van der Waals surface area contributed by atoms with E-state index in [2.05, 4.69) is 76.0 Å². The third kappa shape index (κ3) is 16.1. The van der Waals surface area contributed by atoms with Crippen molar-refractivity contribution in [3.05, 3.63) is 0 Å². The first kappa shape index (κ1) is 57.5. The first-order valence-corrected chi connectivity index (χ1v) is 28.7. The molecule has 0 unspecified atom stereocenters. The van der Waals surface area contributed by atoms with Gasteiger partial charge in [0, 0.05) is 177 Å². The molecule has 6 fully saturated rings. The number of hydrogen-bond acceptors (Lipinski definition) is 33. The van der Waals surface area contributed by atoms with Gasteiger partial charge < -0.3 is 106 Å². The molecule has 10 rings (SSSR count). The van der Waals surface area contributed by atoms with E-state index in [9.17, 15) is 15.3 Å². The Bertz CT molecular complexity index is 2240. The lowest BCUT2D eigenvalue weighted by Crippen LogP contribution is -2.50. The van der Waals surface area contributed by atoms with Gasteiger partial charge in [-0.25, -0.2) is 0 Å². The van der Waals surface area contributed by atoms with Crippen LogP contribution in [0.4, 0.5) is 71.4 Å². The molecular weight excluding hydrogens is 1050 g/mol. The molecule has 10 heterocycles. The fraction of sp³-hybridized carbons (Fsp3) is 0.750. The molecule has 0 amide bonds. The first-order valence-electron chi connectivity index (χ1n) is 28.7. The lowest BCUT2D eigenvalue weighted by Gasteiger charge is -2.38. The molecule has 0 bridgehead atoms. The van der Waals surface area contributed by atoms with Crippen LogP contribution in [-0.4, -0.2) is 311 Å². The van der Waals surface area contributed by atoms with E-state index >= 15 is 0 Å². The Morgan fingerprint density at radius 2 is 0.457 bits per heavy atom. The van der Waals surface area contributed by atoms with Crippen molar-refractivity contribution in [2.45, 2.75) is 0 Å². The van der Waals surface area contributed by atoms with Crippen molar-refractivity contribution in [2.24, 2.45) is 0 Å². The number of rotatable bonds is 27. The van der Waals surface area contributed by atoms with Crippen LogP contribution in [0.15, 0.2) is 0 Å². The van der Waals surface area contributed by atoms with Gasteiger partial charge in [-0.2, -0.15) is 59.8 Å². The number of aromatic nitrogens is 12. The minimum absolute atomic E-state index is 0.0330. The lowest BCUT2D eigenvalue weighted by atomic mass is 10.3. The van der Waals surface area contributed by atoms with Gasteiger partial charge in [0.25, 0.3) is 0 Å². The van der Waals surface area contributed by atoms with Gasteiger partial charge in [-0.1, -0.05) is 0 Å². The van der Waals surface area contributed by atoms with E-state index in [0.29, 0.717) is 189 Å². The van der Waals surface area contributed by atoms with E-state index in [0.717, 1.165) is 78.5 Å². The van der Waals surface area contributed by atoms with Crippen molar-refractivity contribution in [2.75, 3.05) is 296 Å². The number of nitrogens with zero attached hydrogens (tertiary/aromatic N) is 21. The van der Waals surface area contributed by atoms with Gasteiger partial charge in [0.05, 0.1) is 59.5 Å². The first-order chi connectivity index (χ1) is 40.0. The minimum Gasteiger partial charge on any atom is -0.394 e. The third-order valence-electron chi connectivity index (χ3n) is 14.5. The zero-order valence-electron chi connectivity index (χ0n) is 46.4. The minimum atomic E-state index is -0.0330. The smallest absolute Gasteiger partial charge is 0.232 e. The molecule has 6 aliphatic rings. The molecule has 444 valence electrons. The normalized spacial score (nSPS) is 18.5. The van der Waals surface area contributed by atoms with Gasteiger partial charge in [0.1, 0.15) is 0 Å². The number of aliphatic hydroxyl groups is 3. The molecule has 9 N–H and O–H groups in total. The largest absolute Gasteiger partial charge is 0.394 e. The number of anilines is 12. The van der Waals surface area contributed by atoms with Crippen molar-refractivity contribution in [1.82, 2.24) is 75.8 Å². The fourth-order valence-corrected chi connectivity index (χ4v) is 10.0. The average Bonchev–Trinajstić information content (AvgIpc) is 3.56. The molecule has 0 saturated carbocycles. The van der Waals surface area contributed by atoms with Crippen LogP contribution in [-0.2, 0) is 14.2 Å². The Morgan fingerprint density at radius 3 is 0.654 bits per heavy atom. The Balaban J connectivity index is 0.869. The highest BCUT2D eigenvalue weighted by Gasteiger charge is 2.31. The van der Waals surface area contributed by atoms with Crippen LogP contribution < -0.4 is 76.0 Å². The molecule has 33 heteroatoms. The summed E-state index contributed by atoms with van der Waals surface area (Å²) < 4.78 is 16.5. The van der Waals surface area contributed by atoms with Crippen molar-refractivity contribution in [3.63, 3.8) is 0 Å². The van der Waals surface area contributed by atoms with E-state index in [-0.39, 0.29) is 39.6 Å². The van der Waals surface area contributed by atoms with Crippen LogP contribution in [0, 0.1) is 0 Å². The summed E-state index contributed by atoms with van der Waals surface area (Å²) in [7, 11) is 0. The highest BCUT2D eigenvalue weighted by molar-refractivity contribution is 5.53. The SMILES string of the molecule is OCCOCCNc1nc(N2CCNCC2)nc(N2CCN(c3nc(N4CCN(c5nc(NCCOCCO)nc(N6CCNCC6)n5)CC4)nc(N4CCN(c5nc(NCCOCCO)nc(N6CCNCC6)n5)CC4)n3)CC2)n1. The number of nitrogens with one attached hydrogen (secondary N) is 6. The standard InChI is InChI=1S/C48H81N27O6/c76-28-34-79-31-7-52-37-55-40(67-10-1-49-2-11-67)61-43(58-37)70-16-22-73(23-17-70)46-64-47(74-24-18-71(19-25-74)44-59-38(53-8-32-80-35-29-77)56-41(62-44)68-12-3-50-4-13-68)66-48(65-46)75-26-20-72(21-27-75)45-60-39(54-9-33-81-36-30-78)57-42(63-45)69-14-5-51-6-15-69/h49-51,76-78H,1-36H2,(H,52,55,58,61)(H,53,56,59,62)(H,54,57,60,63). The maximum Gasteiger partial charge on any atom is 0.232 e. The van der Waals surface area contributed by atoms with E-state index in [1.807, 2.05) is 0 Å². The van der Waals surface area contributed by atoms with Gasteiger partial charge >= 0.3 is 0 Å². The molecule has 4 aromatic rings. The second kappa shape index (κ2) is 29.8. The maximum absolute atomic E-state index is 9.18. The summed E-state index contributed by atoms with van der Waals surface area (Å²) in [6.07, 6.45) is 0. The topological polar surface area (TPSA) is 344 Å². The Morgan fingerprint density at radius 1 is 0.272 bits per heavy atom. The quantitative estimate of drug-likeness (QED) is 0.0252. The van der Waals surface area contributed by atoms with E-state index in [1.165, 1.54) is 0 Å². The maximum atomic E-state index is 9.18. The number of aliphatic hydroxyl groups excluding tert-OH is 3. The van der Waals surface area contributed by atoms with Gasteiger partial charge in [0.15, 0.2) is 0 Å². The molecule has 6 saturated heterocycles. The average molecular weight is 1130 g/mol. The van der Waals surface area contributed by atoms with Gasteiger partial charge in [-0.3, -0.25) is 0 Å². The highest BCUT2D eigenvalue weighted by Crippen LogP contribution is 2.27. The molecule has 0 radical (unpaired) electrons. The molecule has 0 spiro atoms. The number of hydrogen-bond donors (Lipinski definition) is 9. The van der Waals surface area contributed by atoms with Crippen molar-refractivity contribution in [3.8, 4) is 0 Å². The van der Waals surface area contributed by atoms with Gasteiger partial charge in [-0.15, -0.1) is 0 Å². The van der Waals surface area contributed by atoms with Crippen molar-refractivity contribution < 1.29 is 29.5 Å². The van der Waals surface area contributed by atoms with E-state index < -0.39 is 0 Å². The van der Waals surface area contributed by atoms with Crippen LogP contribution >= 0.6 is 0 Å². The number of ether oxygens (including phenoxy) is 3. The van der Waals surface area contributed by atoms with Crippen LogP contribution in [0.3, 0.4) is 0 Å². The fourth-order valence-electron chi connectivity index (χ4n) is 10.0. The van der Waals surface area contributed by atoms with Crippen LogP contribution in [0.25, 0.3) is 0 Å². The monoisotopic (exact) mass is 1130 g/mol. The lowest BCUT2D eigenvalue weighted by molar-refractivity contribution is 0.0991. The third-order valence-corrected chi connectivity index (χ3v) is 14.5. The van der Waals surface area contributed by atoms with E-state index in [1.54, 1.807) is 0 Å². The Hall–Kier alpha value is -6.72. The summed E-state index contributed by atoms with van der Waals surface area (Å²) >= 11 is 0. The molecule has 4 aromatic heterocycles. The predicted octanol–water partition coefficient (Wildman–Crippen LogP) is -5.10. The summed E-state index contributed by atoms with van der Waals surface area (Å²) in [6.45, 7) is 20.7. The van der Waals surface area contributed by atoms with E-state index in [4.69, 9.17) is 74.0 Å². The Kier molecular flexibility index (Phi) is 21.2. The summed E-state index contributed by atoms with van der Waals surface area (Å²) in [5.74, 6) is 6.98. The summed E-state index contributed by atoms with van der Waals surface area (Å²) in [4.78, 5) is 79.6. The molecule has 6 aliphatic heterocycles. The second-order valence-electron chi connectivity index (χ2n) is 19.9. The zero-order valence-corrected chi connectivity index (χ0v) is 46.4. The van der Waals surface area contributed by atoms with Crippen molar-refractivity contribution >= 4 is 71.4 Å². The molecule has 0 aliphatic carbocycles. The van der Waals surface area contributed by atoms with Crippen LogP contribution in [0.5, 0.6) is 0 Å². The highest BCUT2D eigenvalue weighted by atomic mass is 16.5. The second-order valence-corrected chi connectivity index (χ2v) is 19.9. The summed E-state index contributed by atoms with van der Waals surface area (Å²) in [5, 5.41) is 47.7. The molecule has 0 atom stereocenters. The predicted molar refractivity (Wildman–Crippen MR) is 307 cm³/mol. The van der Waals surface area contributed by atoms with Crippen LogP contribution in [0.2, 0.25) is 0 Å². The summed E-state index contributed by atoms with van der Waals surface area (Å²) in [6, 6.07) is 0.